The maximum atomic E-state index is 12.4. The summed E-state index contributed by atoms with van der Waals surface area (Å²) in [5, 5.41) is 14.4. The number of nitrogens with zero attached hydrogens (tertiary/aromatic N) is 1. The van der Waals surface area contributed by atoms with Gasteiger partial charge in [0, 0.05) is 28.7 Å². The zero-order valence-electron chi connectivity index (χ0n) is 15.9. The van der Waals surface area contributed by atoms with Crippen LogP contribution in [0.15, 0.2) is 36.4 Å². The first-order valence-electron chi connectivity index (χ1n) is 9.47. The lowest BCUT2D eigenvalue weighted by atomic mass is 9.95. The van der Waals surface area contributed by atoms with Crippen LogP contribution in [-0.4, -0.2) is 28.4 Å². The number of ether oxygens (including phenoxy) is 1. The molecule has 1 aromatic heterocycles. The van der Waals surface area contributed by atoms with E-state index in [0.29, 0.717) is 5.56 Å². The van der Waals surface area contributed by atoms with Crippen LogP contribution in [0.25, 0.3) is 10.9 Å². The summed E-state index contributed by atoms with van der Waals surface area (Å²) in [5.41, 5.74) is 3.66. The molecule has 3 aromatic rings. The summed E-state index contributed by atoms with van der Waals surface area (Å²) in [6.45, 7) is -0.541. The summed E-state index contributed by atoms with van der Waals surface area (Å²) < 4.78 is 5.11. The zero-order chi connectivity index (χ0) is 21.3. The van der Waals surface area contributed by atoms with E-state index in [9.17, 15) is 19.7 Å². The third kappa shape index (κ3) is 3.99. The number of nitro groups is 1. The van der Waals surface area contributed by atoms with Crippen LogP contribution < -0.4 is 5.32 Å². The highest BCUT2D eigenvalue weighted by Gasteiger charge is 2.18. The molecule has 0 saturated heterocycles. The number of esters is 1. The molecular formula is C21H18ClN3O5. The second-order valence-electron chi connectivity index (χ2n) is 7.10. The maximum absolute atomic E-state index is 12.4. The molecule has 1 aliphatic rings. The minimum absolute atomic E-state index is 0.0762. The third-order valence-corrected chi connectivity index (χ3v) is 5.43. The van der Waals surface area contributed by atoms with E-state index >= 15 is 0 Å². The number of nitro benzene ring substituents is 1. The van der Waals surface area contributed by atoms with Crippen molar-refractivity contribution in [3.8, 4) is 0 Å². The van der Waals surface area contributed by atoms with Gasteiger partial charge in [0.15, 0.2) is 6.61 Å². The lowest BCUT2D eigenvalue weighted by molar-refractivity contribution is -0.384. The van der Waals surface area contributed by atoms with Crippen molar-refractivity contribution in [2.45, 2.75) is 25.7 Å². The van der Waals surface area contributed by atoms with Gasteiger partial charge >= 0.3 is 5.97 Å². The van der Waals surface area contributed by atoms with Crippen LogP contribution in [0.2, 0.25) is 5.02 Å². The minimum atomic E-state index is -0.647. The minimum Gasteiger partial charge on any atom is -0.452 e. The second-order valence-corrected chi connectivity index (χ2v) is 7.50. The number of amides is 1. The Kier molecular flexibility index (Phi) is 5.41. The lowest BCUT2D eigenvalue weighted by Crippen LogP contribution is -2.21. The first-order chi connectivity index (χ1) is 14.4. The van der Waals surface area contributed by atoms with Crippen molar-refractivity contribution >= 4 is 45.8 Å². The van der Waals surface area contributed by atoms with Gasteiger partial charge in [-0.3, -0.25) is 14.9 Å². The van der Waals surface area contributed by atoms with Crippen molar-refractivity contribution in [1.82, 2.24) is 4.98 Å². The maximum Gasteiger partial charge on any atom is 0.338 e. The predicted octanol–water partition coefficient (Wildman–Crippen LogP) is 4.40. The highest BCUT2D eigenvalue weighted by Crippen LogP contribution is 2.30. The van der Waals surface area contributed by atoms with E-state index in [1.807, 2.05) is 6.07 Å². The number of carbonyl (C=O) groups is 2. The second kappa shape index (κ2) is 8.16. The number of rotatable bonds is 5. The van der Waals surface area contributed by atoms with Gasteiger partial charge in [-0.25, -0.2) is 4.79 Å². The van der Waals surface area contributed by atoms with Crippen molar-refractivity contribution < 1.29 is 19.2 Å². The number of aromatic nitrogens is 1. The van der Waals surface area contributed by atoms with Gasteiger partial charge in [0.05, 0.1) is 21.2 Å². The molecule has 0 saturated carbocycles. The Morgan fingerprint density at radius 2 is 1.97 bits per heavy atom. The van der Waals surface area contributed by atoms with Gasteiger partial charge in [0.2, 0.25) is 0 Å². The third-order valence-electron chi connectivity index (χ3n) is 5.10. The molecule has 2 N–H and O–H groups in total. The van der Waals surface area contributed by atoms with Crippen molar-refractivity contribution in [1.29, 1.82) is 0 Å². The van der Waals surface area contributed by atoms with Crippen LogP contribution in [0.1, 0.15) is 34.5 Å². The van der Waals surface area contributed by atoms with Crippen LogP contribution in [0.3, 0.4) is 0 Å². The molecule has 154 valence electrons. The standard InChI is InChI=1S/C21H18ClN3O5/c22-16-7-6-13(25(28)29)10-19(16)24-20(26)11-30-21(27)12-5-8-18-15(9-12)14-3-1-2-4-17(14)23-18/h5-10,23H,1-4,11H2,(H,24,26). The number of carbonyl (C=O) groups excluding carboxylic acids is 2. The number of nitrogens with one attached hydrogen (secondary N) is 2. The number of aryl methyl sites for hydroxylation is 2. The van der Waals surface area contributed by atoms with Gasteiger partial charge in [-0.15, -0.1) is 0 Å². The Hall–Kier alpha value is -3.39. The average molecular weight is 428 g/mol. The number of fused-ring (bicyclic) bond motifs is 3. The lowest BCUT2D eigenvalue weighted by Gasteiger charge is -2.10. The van der Waals surface area contributed by atoms with Crippen LogP contribution in [0.5, 0.6) is 0 Å². The monoisotopic (exact) mass is 427 g/mol. The summed E-state index contributed by atoms with van der Waals surface area (Å²) in [4.78, 5) is 38.2. The van der Waals surface area contributed by atoms with E-state index in [-0.39, 0.29) is 16.4 Å². The number of non-ortho nitro benzene ring substituents is 1. The van der Waals surface area contributed by atoms with Crippen molar-refractivity contribution in [3.63, 3.8) is 0 Å². The zero-order valence-corrected chi connectivity index (χ0v) is 16.6. The Morgan fingerprint density at radius 1 is 1.17 bits per heavy atom. The number of hydrogen-bond donors (Lipinski definition) is 2. The van der Waals surface area contributed by atoms with Crippen molar-refractivity contribution in [2.75, 3.05) is 11.9 Å². The Labute approximate surface area is 176 Å². The molecule has 9 heteroatoms. The SMILES string of the molecule is O=C(COC(=O)c1ccc2[nH]c3c(c2c1)CCCC3)Nc1cc([N+](=O)[O-])ccc1Cl. The largest absolute Gasteiger partial charge is 0.452 e. The molecule has 1 amide bonds. The normalized spacial score (nSPS) is 13.0. The number of halogens is 1. The van der Waals surface area contributed by atoms with E-state index in [0.717, 1.165) is 42.7 Å². The summed E-state index contributed by atoms with van der Waals surface area (Å²) in [6.07, 6.45) is 4.25. The Morgan fingerprint density at radius 3 is 2.77 bits per heavy atom. The molecule has 2 aromatic carbocycles. The molecule has 0 unspecified atom stereocenters. The molecule has 0 fully saturated rings. The smallest absolute Gasteiger partial charge is 0.338 e. The first-order valence-corrected chi connectivity index (χ1v) is 9.84. The molecule has 8 nitrogen and oxygen atoms in total. The number of anilines is 1. The van der Waals surface area contributed by atoms with Crippen molar-refractivity contribution in [3.05, 3.63) is 68.4 Å². The highest BCUT2D eigenvalue weighted by molar-refractivity contribution is 6.33. The van der Waals surface area contributed by atoms with Gasteiger partial charge < -0.3 is 15.0 Å². The quantitative estimate of drug-likeness (QED) is 0.355. The van der Waals surface area contributed by atoms with Gasteiger partial charge in [-0.2, -0.15) is 0 Å². The van der Waals surface area contributed by atoms with E-state index < -0.39 is 23.4 Å². The van der Waals surface area contributed by atoms with Gasteiger partial charge in [0.25, 0.3) is 11.6 Å². The molecule has 0 bridgehead atoms. The fourth-order valence-electron chi connectivity index (χ4n) is 3.66. The Balaban J connectivity index is 1.43. The first kappa shape index (κ1) is 19.9. The van der Waals surface area contributed by atoms with Gasteiger partial charge in [-0.1, -0.05) is 11.6 Å². The molecule has 0 atom stereocenters. The van der Waals surface area contributed by atoms with Crippen LogP contribution in [0.4, 0.5) is 11.4 Å². The number of H-pyrrole nitrogens is 1. The summed E-state index contributed by atoms with van der Waals surface area (Å²) in [5.74, 6) is -1.27. The molecule has 0 spiro atoms. The molecule has 0 aliphatic heterocycles. The van der Waals surface area contributed by atoms with Crippen LogP contribution in [-0.2, 0) is 22.4 Å². The fraction of sp³-hybridized carbons (Fsp3) is 0.238. The van der Waals surface area contributed by atoms with Gasteiger partial charge in [0.1, 0.15) is 0 Å². The van der Waals surface area contributed by atoms with E-state index in [1.165, 1.54) is 23.4 Å². The predicted molar refractivity (Wildman–Crippen MR) is 112 cm³/mol. The molecule has 0 radical (unpaired) electrons. The van der Waals surface area contributed by atoms with Crippen LogP contribution >= 0.6 is 11.6 Å². The molecule has 1 aliphatic carbocycles. The molecule has 4 rings (SSSR count). The number of aromatic amines is 1. The highest BCUT2D eigenvalue weighted by atomic mass is 35.5. The topological polar surface area (TPSA) is 114 Å². The van der Waals surface area contributed by atoms with E-state index in [2.05, 4.69) is 10.3 Å². The average Bonchev–Trinajstić information content (AvgIpc) is 3.11. The van der Waals surface area contributed by atoms with E-state index in [4.69, 9.17) is 16.3 Å². The Bertz CT molecular complexity index is 1170. The van der Waals surface area contributed by atoms with E-state index in [1.54, 1.807) is 12.1 Å². The van der Waals surface area contributed by atoms with Gasteiger partial charge in [-0.05, 0) is 55.5 Å². The number of benzene rings is 2. The summed E-state index contributed by atoms with van der Waals surface area (Å²) >= 11 is 5.96. The number of hydrogen-bond acceptors (Lipinski definition) is 5. The van der Waals surface area contributed by atoms with Crippen LogP contribution in [0, 0.1) is 10.1 Å². The molecule has 30 heavy (non-hydrogen) atoms. The van der Waals surface area contributed by atoms with Crippen molar-refractivity contribution in [2.24, 2.45) is 0 Å². The summed E-state index contributed by atoms with van der Waals surface area (Å²) in [6, 6.07) is 8.97. The summed E-state index contributed by atoms with van der Waals surface area (Å²) in [7, 11) is 0. The fourth-order valence-corrected chi connectivity index (χ4v) is 3.82. The molecular weight excluding hydrogens is 410 g/mol. The molecule has 1 heterocycles.